The molecule has 0 aliphatic carbocycles. The van der Waals surface area contributed by atoms with Crippen molar-refractivity contribution in [3.05, 3.63) is 0 Å². The van der Waals surface area contributed by atoms with E-state index in [4.69, 9.17) is 10.5 Å². The molecule has 0 saturated carbocycles. The number of carbonyl (C=O) groups excluding carboxylic acids is 2. The van der Waals surface area contributed by atoms with Crippen LogP contribution in [-0.4, -0.2) is 36.7 Å². The Hall–Kier alpha value is -1.30. The molecule has 0 unspecified atom stereocenters. The smallest absolute Gasteiger partial charge is 0.408 e. The number of rotatable bonds is 5. The molecule has 0 fully saturated rings. The maximum Gasteiger partial charge on any atom is 0.408 e. The molecule has 6 heteroatoms. The van der Waals surface area contributed by atoms with Crippen molar-refractivity contribution in [2.75, 3.05) is 13.1 Å². The highest BCUT2D eigenvalue weighted by atomic mass is 16.6. The maximum absolute atomic E-state index is 11.8. The van der Waals surface area contributed by atoms with Crippen LogP contribution in [0.4, 0.5) is 4.79 Å². The van der Waals surface area contributed by atoms with Crippen LogP contribution in [0, 0.1) is 5.92 Å². The Morgan fingerprint density at radius 2 is 1.83 bits per heavy atom. The highest BCUT2D eigenvalue weighted by molar-refractivity contribution is 5.85. The van der Waals surface area contributed by atoms with Gasteiger partial charge in [0.1, 0.15) is 11.6 Å². The van der Waals surface area contributed by atoms with E-state index >= 15 is 0 Å². The molecule has 0 heterocycles. The first-order chi connectivity index (χ1) is 8.17. The van der Waals surface area contributed by atoms with Crippen LogP contribution in [-0.2, 0) is 9.53 Å². The fraction of sp³-hybridized carbons (Fsp3) is 0.833. The zero-order valence-corrected chi connectivity index (χ0v) is 11.9. The molecule has 0 aliphatic rings. The van der Waals surface area contributed by atoms with Crippen LogP contribution in [0.3, 0.4) is 0 Å². The number of nitrogens with two attached hydrogens (primary N) is 1. The van der Waals surface area contributed by atoms with E-state index in [0.717, 1.165) is 0 Å². The van der Waals surface area contributed by atoms with E-state index in [1.54, 1.807) is 20.8 Å². The van der Waals surface area contributed by atoms with Gasteiger partial charge in [0.2, 0.25) is 5.91 Å². The Bertz CT molecular complexity index is 285. The molecule has 1 atom stereocenters. The number of carbonyl (C=O) groups is 2. The summed E-state index contributed by atoms with van der Waals surface area (Å²) in [5.74, 6) is -0.281. The summed E-state index contributed by atoms with van der Waals surface area (Å²) in [6, 6.07) is -0.619. The topological polar surface area (TPSA) is 93.4 Å². The largest absolute Gasteiger partial charge is 0.444 e. The number of hydrogen-bond donors (Lipinski definition) is 3. The van der Waals surface area contributed by atoms with Gasteiger partial charge in [-0.05, 0) is 26.7 Å². The molecule has 0 radical (unpaired) electrons. The first-order valence-electron chi connectivity index (χ1n) is 6.14. The van der Waals surface area contributed by atoms with Crippen LogP contribution in [0.5, 0.6) is 0 Å². The van der Waals surface area contributed by atoms with E-state index in [1.807, 2.05) is 13.8 Å². The lowest BCUT2D eigenvalue weighted by Crippen LogP contribution is -2.51. The van der Waals surface area contributed by atoms with Crippen molar-refractivity contribution < 1.29 is 14.3 Å². The normalized spacial score (nSPS) is 13.1. The first kappa shape index (κ1) is 16.7. The summed E-state index contributed by atoms with van der Waals surface area (Å²) in [6.07, 6.45) is -0.593. The highest BCUT2D eigenvalue weighted by Crippen LogP contribution is 2.08. The van der Waals surface area contributed by atoms with Crippen LogP contribution in [0.15, 0.2) is 0 Å². The van der Waals surface area contributed by atoms with Gasteiger partial charge in [-0.15, -0.1) is 0 Å². The first-order valence-corrected chi connectivity index (χ1v) is 6.14. The van der Waals surface area contributed by atoms with E-state index in [2.05, 4.69) is 10.6 Å². The SMILES string of the molecule is CC(C)[C@H](NC(=O)OC(C)(C)C)C(=O)NCCN. The van der Waals surface area contributed by atoms with Gasteiger partial charge in [0.05, 0.1) is 0 Å². The Labute approximate surface area is 109 Å². The lowest BCUT2D eigenvalue weighted by atomic mass is 10.0. The minimum atomic E-state index is -0.619. The van der Waals surface area contributed by atoms with Crippen molar-refractivity contribution in [1.82, 2.24) is 10.6 Å². The predicted molar refractivity (Wildman–Crippen MR) is 70.1 cm³/mol. The summed E-state index contributed by atoms with van der Waals surface area (Å²) >= 11 is 0. The molecule has 0 aromatic heterocycles. The zero-order valence-electron chi connectivity index (χ0n) is 11.9. The lowest BCUT2D eigenvalue weighted by molar-refractivity contribution is -0.124. The molecule has 0 aliphatic heterocycles. The third-order valence-corrected chi connectivity index (χ3v) is 2.06. The van der Waals surface area contributed by atoms with Crippen LogP contribution in [0.25, 0.3) is 0 Å². The molecule has 6 nitrogen and oxygen atoms in total. The molecular formula is C12H25N3O3. The van der Waals surface area contributed by atoms with Gasteiger partial charge >= 0.3 is 6.09 Å². The maximum atomic E-state index is 11.8. The molecule has 0 rings (SSSR count). The van der Waals surface area contributed by atoms with Crippen molar-refractivity contribution in [1.29, 1.82) is 0 Å². The van der Waals surface area contributed by atoms with E-state index in [0.29, 0.717) is 13.1 Å². The van der Waals surface area contributed by atoms with Gasteiger partial charge in [0, 0.05) is 13.1 Å². The molecule has 18 heavy (non-hydrogen) atoms. The standard InChI is InChI=1S/C12H25N3O3/c1-8(2)9(10(16)14-7-6-13)15-11(17)18-12(3,4)5/h8-9H,6-7,13H2,1-5H3,(H,14,16)(H,15,17)/t9-/m0/s1. The number of amides is 2. The summed E-state index contributed by atoms with van der Waals surface area (Å²) in [7, 11) is 0. The Morgan fingerprint density at radius 3 is 2.22 bits per heavy atom. The Kier molecular flexibility index (Phi) is 6.68. The molecule has 0 bridgehead atoms. The molecular weight excluding hydrogens is 234 g/mol. The van der Waals surface area contributed by atoms with Gasteiger partial charge in [0.15, 0.2) is 0 Å². The van der Waals surface area contributed by atoms with Crippen LogP contribution >= 0.6 is 0 Å². The molecule has 0 spiro atoms. The third-order valence-electron chi connectivity index (χ3n) is 2.06. The molecule has 0 aromatic carbocycles. The number of hydrogen-bond acceptors (Lipinski definition) is 4. The van der Waals surface area contributed by atoms with E-state index in [1.165, 1.54) is 0 Å². The number of ether oxygens (including phenoxy) is 1. The second-order valence-electron chi connectivity index (χ2n) is 5.45. The van der Waals surface area contributed by atoms with Crippen molar-refractivity contribution in [2.45, 2.75) is 46.3 Å². The van der Waals surface area contributed by atoms with Crippen molar-refractivity contribution in [3.8, 4) is 0 Å². The summed E-state index contributed by atoms with van der Waals surface area (Å²) in [6.45, 7) is 9.76. The summed E-state index contributed by atoms with van der Waals surface area (Å²) in [5.41, 5.74) is 4.73. The Balaban J connectivity index is 4.45. The molecule has 0 aromatic rings. The lowest BCUT2D eigenvalue weighted by Gasteiger charge is -2.25. The van der Waals surface area contributed by atoms with Gasteiger partial charge in [-0.25, -0.2) is 4.79 Å². The number of nitrogens with one attached hydrogen (secondary N) is 2. The number of alkyl carbamates (subject to hydrolysis) is 1. The fourth-order valence-electron chi connectivity index (χ4n) is 1.27. The second-order valence-corrected chi connectivity index (χ2v) is 5.45. The van der Waals surface area contributed by atoms with Crippen LogP contribution in [0.2, 0.25) is 0 Å². The van der Waals surface area contributed by atoms with Crippen LogP contribution in [0.1, 0.15) is 34.6 Å². The van der Waals surface area contributed by atoms with Crippen molar-refractivity contribution in [3.63, 3.8) is 0 Å². The Morgan fingerprint density at radius 1 is 1.28 bits per heavy atom. The average molecular weight is 259 g/mol. The minimum absolute atomic E-state index is 0.0321. The highest BCUT2D eigenvalue weighted by Gasteiger charge is 2.26. The molecule has 106 valence electrons. The quantitative estimate of drug-likeness (QED) is 0.674. The summed E-state index contributed by atoms with van der Waals surface area (Å²) < 4.78 is 5.12. The van der Waals surface area contributed by atoms with E-state index < -0.39 is 17.7 Å². The van der Waals surface area contributed by atoms with E-state index in [-0.39, 0.29) is 11.8 Å². The van der Waals surface area contributed by atoms with Gasteiger partial charge < -0.3 is 21.1 Å². The third kappa shape index (κ3) is 7.11. The summed E-state index contributed by atoms with van der Waals surface area (Å²) in [5, 5.41) is 5.22. The van der Waals surface area contributed by atoms with Gasteiger partial charge in [-0.2, -0.15) is 0 Å². The molecule has 2 amide bonds. The van der Waals surface area contributed by atoms with Gasteiger partial charge in [-0.3, -0.25) is 4.79 Å². The van der Waals surface area contributed by atoms with Crippen LogP contribution < -0.4 is 16.4 Å². The fourth-order valence-corrected chi connectivity index (χ4v) is 1.27. The predicted octanol–water partition coefficient (Wildman–Crippen LogP) is 0.611. The van der Waals surface area contributed by atoms with Gasteiger partial charge in [-0.1, -0.05) is 13.8 Å². The average Bonchev–Trinajstić information content (AvgIpc) is 2.19. The van der Waals surface area contributed by atoms with Crippen molar-refractivity contribution in [2.24, 2.45) is 11.7 Å². The molecule has 0 saturated heterocycles. The summed E-state index contributed by atoms with van der Waals surface area (Å²) in [4.78, 5) is 23.4. The molecule has 4 N–H and O–H groups in total. The minimum Gasteiger partial charge on any atom is -0.444 e. The zero-order chi connectivity index (χ0) is 14.3. The van der Waals surface area contributed by atoms with Crippen molar-refractivity contribution >= 4 is 12.0 Å². The monoisotopic (exact) mass is 259 g/mol. The van der Waals surface area contributed by atoms with Gasteiger partial charge in [0.25, 0.3) is 0 Å². The second kappa shape index (κ2) is 7.20. The van der Waals surface area contributed by atoms with E-state index in [9.17, 15) is 9.59 Å².